The first-order valence-electron chi connectivity index (χ1n) is 6.75. The van der Waals surface area contributed by atoms with Gasteiger partial charge >= 0.3 is 0 Å². The Morgan fingerprint density at radius 3 is 2.38 bits per heavy atom. The quantitative estimate of drug-likeness (QED) is 0.783. The monoisotopic (exact) mass is 288 g/mol. The minimum absolute atomic E-state index is 0.279. The number of aliphatic imine (C=N–C) groups is 1. The molecular formula is C17H18F2N2. The van der Waals surface area contributed by atoms with E-state index in [1.165, 1.54) is 18.2 Å². The van der Waals surface area contributed by atoms with Crippen molar-refractivity contribution in [2.45, 2.75) is 25.7 Å². The summed E-state index contributed by atoms with van der Waals surface area (Å²) < 4.78 is 27.1. The molecule has 0 saturated heterocycles. The van der Waals surface area contributed by atoms with Crippen LogP contribution in [0.3, 0.4) is 0 Å². The summed E-state index contributed by atoms with van der Waals surface area (Å²) in [5.74, 6) is -0.626. The van der Waals surface area contributed by atoms with Crippen LogP contribution in [0.1, 0.15) is 30.7 Å². The summed E-state index contributed by atoms with van der Waals surface area (Å²) in [4.78, 5) is 8.20. The number of hydrogen-bond donors (Lipinski definition) is 0. The van der Waals surface area contributed by atoms with Crippen LogP contribution in [0.25, 0.3) is 0 Å². The number of nitrogens with zero attached hydrogens (tertiary/aromatic N) is 2. The molecule has 0 aliphatic carbocycles. The van der Waals surface area contributed by atoms with E-state index in [1.807, 2.05) is 13.8 Å². The molecule has 0 atom stereocenters. The predicted molar refractivity (Wildman–Crippen MR) is 80.8 cm³/mol. The summed E-state index contributed by atoms with van der Waals surface area (Å²) in [6, 6.07) is 7.66. The van der Waals surface area contributed by atoms with E-state index in [0.717, 1.165) is 11.1 Å². The van der Waals surface area contributed by atoms with Gasteiger partial charge in [-0.2, -0.15) is 0 Å². The van der Waals surface area contributed by atoms with E-state index < -0.39 is 5.41 Å². The molecule has 1 heterocycles. The lowest BCUT2D eigenvalue weighted by molar-refractivity contribution is 0.557. The molecule has 0 spiro atoms. The number of halogens is 2. The zero-order valence-corrected chi connectivity index (χ0v) is 12.4. The second kappa shape index (κ2) is 6.12. The molecule has 0 unspecified atom stereocenters. The van der Waals surface area contributed by atoms with Gasteiger partial charge in [-0.3, -0.25) is 9.98 Å². The molecule has 1 aromatic heterocycles. The Labute approximate surface area is 123 Å². The van der Waals surface area contributed by atoms with E-state index in [9.17, 15) is 8.78 Å². The van der Waals surface area contributed by atoms with Gasteiger partial charge in [-0.15, -0.1) is 0 Å². The smallest absolute Gasteiger partial charge is 0.145 e. The Balaban J connectivity index is 2.25. The Kier molecular flexibility index (Phi) is 4.46. The molecule has 110 valence electrons. The number of benzene rings is 1. The Morgan fingerprint density at radius 1 is 1.14 bits per heavy atom. The number of hydrogen-bond acceptors (Lipinski definition) is 2. The van der Waals surface area contributed by atoms with Crippen LogP contribution in [0.5, 0.6) is 0 Å². The summed E-state index contributed by atoms with van der Waals surface area (Å²) >= 11 is 0. The van der Waals surface area contributed by atoms with Gasteiger partial charge in [0.25, 0.3) is 0 Å². The first kappa shape index (κ1) is 15.3. The topological polar surface area (TPSA) is 25.2 Å². The van der Waals surface area contributed by atoms with Gasteiger partial charge in [-0.05, 0) is 49.6 Å². The van der Waals surface area contributed by atoms with Crippen LogP contribution in [-0.4, -0.2) is 18.2 Å². The van der Waals surface area contributed by atoms with Crippen LogP contribution in [0.4, 0.5) is 8.78 Å². The molecule has 21 heavy (non-hydrogen) atoms. The van der Waals surface area contributed by atoms with Crippen molar-refractivity contribution < 1.29 is 8.78 Å². The van der Waals surface area contributed by atoms with Crippen LogP contribution in [0.2, 0.25) is 0 Å². The van der Waals surface area contributed by atoms with E-state index >= 15 is 0 Å². The SMILES string of the molecule is CN=CC(C)(C)c1ncc(Cc2ccc(F)cc2)cc1F. The predicted octanol–water partition coefficient (Wildman–Crippen LogP) is 3.93. The highest BCUT2D eigenvalue weighted by Crippen LogP contribution is 2.23. The lowest BCUT2D eigenvalue weighted by atomic mass is 9.89. The Bertz CT molecular complexity index is 646. The summed E-state index contributed by atoms with van der Waals surface area (Å²) in [7, 11) is 1.66. The molecular weight excluding hydrogens is 270 g/mol. The first-order chi connectivity index (χ1) is 9.92. The molecule has 4 heteroatoms. The summed E-state index contributed by atoms with van der Waals surface area (Å²) in [6.07, 6.45) is 3.86. The van der Waals surface area contributed by atoms with Crippen molar-refractivity contribution in [3.05, 3.63) is 65.0 Å². The van der Waals surface area contributed by atoms with E-state index in [0.29, 0.717) is 12.1 Å². The van der Waals surface area contributed by atoms with Gasteiger partial charge in [-0.1, -0.05) is 12.1 Å². The van der Waals surface area contributed by atoms with Gasteiger partial charge < -0.3 is 0 Å². The van der Waals surface area contributed by atoms with Crippen molar-refractivity contribution in [1.82, 2.24) is 4.98 Å². The molecule has 0 bridgehead atoms. The van der Waals surface area contributed by atoms with Crippen LogP contribution in [0.15, 0.2) is 41.5 Å². The third-order valence-electron chi connectivity index (χ3n) is 3.28. The Hall–Kier alpha value is -2.10. The zero-order chi connectivity index (χ0) is 15.5. The summed E-state index contributed by atoms with van der Waals surface area (Å²) in [6.45, 7) is 3.73. The number of pyridine rings is 1. The maximum Gasteiger partial charge on any atom is 0.145 e. The van der Waals surface area contributed by atoms with Gasteiger partial charge in [0.2, 0.25) is 0 Å². The van der Waals surface area contributed by atoms with Crippen LogP contribution < -0.4 is 0 Å². The Morgan fingerprint density at radius 2 is 1.81 bits per heavy atom. The standard InChI is InChI=1S/C17H18F2N2/c1-17(2,11-20-3)16-15(19)9-13(10-21-16)8-12-4-6-14(18)7-5-12/h4-7,9-11H,8H2,1-3H3. The molecule has 2 rings (SSSR count). The van der Waals surface area contributed by atoms with Crippen LogP contribution >= 0.6 is 0 Å². The minimum Gasteiger partial charge on any atom is -0.300 e. The largest absolute Gasteiger partial charge is 0.300 e. The van der Waals surface area contributed by atoms with Gasteiger partial charge in [0.05, 0.1) is 5.69 Å². The molecule has 0 fully saturated rings. The lowest BCUT2D eigenvalue weighted by Gasteiger charge is -2.19. The fourth-order valence-corrected chi connectivity index (χ4v) is 2.27. The molecule has 0 N–H and O–H groups in total. The maximum absolute atomic E-state index is 14.3. The second-order valence-corrected chi connectivity index (χ2v) is 5.59. The fraction of sp³-hybridized carbons (Fsp3) is 0.294. The molecule has 0 radical (unpaired) electrons. The molecule has 2 nitrogen and oxygen atoms in total. The number of rotatable bonds is 4. The van der Waals surface area contributed by atoms with Crippen molar-refractivity contribution in [1.29, 1.82) is 0 Å². The van der Waals surface area contributed by atoms with Crippen molar-refractivity contribution in [3.63, 3.8) is 0 Å². The molecule has 1 aromatic carbocycles. The van der Waals surface area contributed by atoms with E-state index in [-0.39, 0.29) is 11.6 Å². The van der Waals surface area contributed by atoms with Crippen LogP contribution in [0, 0.1) is 11.6 Å². The van der Waals surface area contributed by atoms with Gasteiger partial charge in [0, 0.05) is 24.9 Å². The van der Waals surface area contributed by atoms with E-state index in [4.69, 9.17) is 0 Å². The van der Waals surface area contributed by atoms with E-state index in [1.54, 1.807) is 31.6 Å². The number of aromatic nitrogens is 1. The molecule has 0 aliphatic heterocycles. The highest BCUT2D eigenvalue weighted by atomic mass is 19.1. The molecule has 2 aromatic rings. The van der Waals surface area contributed by atoms with Crippen molar-refractivity contribution in [2.75, 3.05) is 7.05 Å². The van der Waals surface area contributed by atoms with Crippen molar-refractivity contribution >= 4 is 6.21 Å². The van der Waals surface area contributed by atoms with Gasteiger partial charge in [0.1, 0.15) is 11.6 Å². The molecule has 0 amide bonds. The third kappa shape index (κ3) is 3.72. The average Bonchev–Trinajstić information content (AvgIpc) is 2.41. The van der Waals surface area contributed by atoms with Crippen LogP contribution in [-0.2, 0) is 11.8 Å². The first-order valence-corrected chi connectivity index (χ1v) is 6.75. The highest BCUT2D eigenvalue weighted by Gasteiger charge is 2.23. The normalized spacial score (nSPS) is 12.0. The van der Waals surface area contributed by atoms with Gasteiger partial charge in [-0.25, -0.2) is 8.78 Å². The summed E-state index contributed by atoms with van der Waals surface area (Å²) in [5, 5.41) is 0. The molecule has 0 saturated carbocycles. The van der Waals surface area contributed by atoms with Crippen molar-refractivity contribution in [2.24, 2.45) is 4.99 Å². The maximum atomic E-state index is 14.3. The van der Waals surface area contributed by atoms with E-state index in [2.05, 4.69) is 9.98 Å². The third-order valence-corrected chi connectivity index (χ3v) is 3.28. The molecule has 0 aliphatic rings. The van der Waals surface area contributed by atoms with Gasteiger partial charge in [0.15, 0.2) is 0 Å². The zero-order valence-electron chi connectivity index (χ0n) is 12.4. The minimum atomic E-state index is -0.548. The fourth-order valence-electron chi connectivity index (χ4n) is 2.27. The summed E-state index contributed by atoms with van der Waals surface area (Å²) in [5.41, 5.74) is 1.50. The highest BCUT2D eigenvalue weighted by molar-refractivity contribution is 5.71. The lowest BCUT2D eigenvalue weighted by Crippen LogP contribution is -2.22. The second-order valence-electron chi connectivity index (χ2n) is 5.59. The van der Waals surface area contributed by atoms with Crippen molar-refractivity contribution in [3.8, 4) is 0 Å². The average molecular weight is 288 g/mol.